The molecule has 0 bridgehead atoms. The molecule has 0 saturated heterocycles. The number of carbonyl (C=O) groups is 1. The molecule has 144 valence electrons. The zero-order valence-corrected chi connectivity index (χ0v) is 18.8. The summed E-state index contributed by atoms with van der Waals surface area (Å²) in [5.74, 6) is 0.324. The van der Waals surface area contributed by atoms with Crippen LogP contribution in [-0.4, -0.2) is 23.8 Å². The topological polar surface area (TPSA) is 55.6 Å². The molecule has 1 heterocycles. The molecule has 1 N–H and O–H groups in total. The Bertz CT molecular complexity index is 1040. The fraction of sp³-hybridized carbons (Fsp3) is 0.143. The predicted molar refractivity (Wildman–Crippen MR) is 119 cm³/mol. The van der Waals surface area contributed by atoms with Gasteiger partial charge < -0.3 is 9.30 Å². The molecule has 5 nitrogen and oxygen atoms in total. The summed E-state index contributed by atoms with van der Waals surface area (Å²) in [6, 6.07) is 15.0. The number of ether oxygens (including phenoxy) is 1. The summed E-state index contributed by atoms with van der Waals surface area (Å²) < 4.78 is 9.25. The van der Waals surface area contributed by atoms with Crippen LogP contribution < -0.4 is 10.2 Å². The molecule has 28 heavy (non-hydrogen) atoms. The van der Waals surface area contributed by atoms with Crippen molar-refractivity contribution in [2.45, 2.75) is 13.8 Å². The van der Waals surface area contributed by atoms with Crippen LogP contribution >= 0.6 is 31.9 Å². The van der Waals surface area contributed by atoms with Crippen LogP contribution in [0.2, 0.25) is 0 Å². The van der Waals surface area contributed by atoms with Crippen molar-refractivity contribution in [2.75, 3.05) is 7.11 Å². The third-order valence-corrected chi connectivity index (χ3v) is 5.92. The van der Waals surface area contributed by atoms with Crippen LogP contribution in [-0.2, 0) is 0 Å². The molecule has 0 atom stereocenters. The number of rotatable bonds is 5. The maximum Gasteiger partial charge on any atom is 0.271 e. The maximum atomic E-state index is 12.3. The average molecular weight is 505 g/mol. The second kappa shape index (κ2) is 8.75. The van der Waals surface area contributed by atoms with E-state index in [1.807, 2.05) is 38.1 Å². The van der Waals surface area contributed by atoms with Gasteiger partial charge in [-0.3, -0.25) is 4.79 Å². The number of hydrogen-bond donors (Lipinski definition) is 1. The minimum atomic E-state index is -0.298. The fourth-order valence-electron chi connectivity index (χ4n) is 2.94. The van der Waals surface area contributed by atoms with E-state index in [4.69, 9.17) is 4.74 Å². The van der Waals surface area contributed by atoms with Crippen LogP contribution in [0.25, 0.3) is 5.69 Å². The van der Waals surface area contributed by atoms with Crippen LogP contribution in [0.5, 0.6) is 5.75 Å². The Labute approximate surface area is 180 Å². The molecule has 2 aromatic carbocycles. The van der Waals surface area contributed by atoms with Gasteiger partial charge in [-0.25, -0.2) is 5.43 Å². The van der Waals surface area contributed by atoms with Crippen molar-refractivity contribution in [3.63, 3.8) is 0 Å². The molecule has 1 aromatic heterocycles. The SMILES string of the molecule is COc1cccc(C(=O)N/N=C\c2c(Br)c(C)n(-c3ccc(Br)cc3)c2C)c1. The number of halogens is 2. The van der Waals surface area contributed by atoms with E-state index < -0.39 is 0 Å². The number of carbonyl (C=O) groups excluding carboxylic acids is 1. The highest BCUT2D eigenvalue weighted by atomic mass is 79.9. The van der Waals surface area contributed by atoms with Crippen molar-refractivity contribution in [3.8, 4) is 11.4 Å². The second-order valence-electron chi connectivity index (χ2n) is 6.14. The van der Waals surface area contributed by atoms with Crippen molar-refractivity contribution in [2.24, 2.45) is 5.10 Å². The van der Waals surface area contributed by atoms with Gasteiger partial charge in [0, 0.05) is 37.1 Å². The van der Waals surface area contributed by atoms with E-state index in [9.17, 15) is 4.79 Å². The van der Waals surface area contributed by atoms with Gasteiger partial charge in [0.25, 0.3) is 5.91 Å². The van der Waals surface area contributed by atoms with Crippen molar-refractivity contribution >= 4 is 44.0 Å². The fourth-order valence-corrected chi connectivity index (χ4v) is 3.77. The highest BCUT2D eigenvalue weighted by Gasteiger charge is 2.16. The third-order valence-electron chi connectivity index (χ3n) is 4.39. The molecule has 0 radical (unpaired) electrons. The molecule has 0 aliphatic heterocycles. The summed E-state index contributed by atoms with van der Waals surface area (Å²) in [4.78, 5) is 12.3. The summed E-state index contributed by atoms with van der Waals surface area (Å²) in [6.45, 7) is 4.05. The molecule has 0 aliphatic rings. The van der Waals surface area contributed by atoms with Gasteiger partial charge in [0.05, 0.1) is 13.3 Å². The van der Waals surface area contributed by atoms with Crippen LogP contribution in [0.4, 0.5) is 0 Å². The van der Waals surface area contributed by atoms with Gasteiger partial charge in [0.1, 0.15) is 5.75 Å². The number of hydrazone groups is 1. The lowest BCUT2D eigenvalue weighted by Crippen LogP contribution is -2.17. The van der Waals surface area contributed by atoms with Crippen molar-refractivity contribution in [1.29, 1.82) is 0 Å². The summed E-state index contributed by atoms with van der Waals surface area (Å²) in [5.41, 5.74) is 7.09. The van der Waals surface area contributed by atoms with Crippen molar-refractivity contribution in [1.82, 2.24) is 9.99 Å². The summed E-state index contributed by atoms with van der Waals surface area (Å²) >= 11 is 7.11. The summed E-state index contributed by atoms with van der Waals surface area (Å²) in [7, 11) is 1.56. The first kappa shape index (κ1) is 20.4. The molecule has 0 unspecified atom stereocenters. The third kappa shape index (κ3) is 4.20. The van der Waals surface area contributed by atoms with E-state index >= 15 is 0 Å². The van der Waals surface area contributed by atoms with E-state index in [1.54, 1.807) is 37.6 Å². The zero-order valence-electron chi connectivity index (χ0n) is 15.7. The lowest BCUT2D eigenvalue weighted by Gasteiger charge is -2.09. The van der Waals surface area contributed by atoms with E-state index in [0.717, 1.165) is 31.6 Å². The Hall–Kier alpha value is -2.38. The zero-order chi connectivity index (χ0) is 20.3. The number of aromatic nitrogens is 1. The summed E-state index contributed by atoms with van der Waals surface area (Å²) in [5, 5.41) is 4.14. The van der Waals surface area contributed by atoms with E-state index in [0.29, 0.717) is 11.3 Å². The van der Waals surface area contributed by atoms with Crippen molar-refractivity contribution < 1.29 is 9.53 Å². The normalized spacial score (nSPS) is 11.0. The first-order valence-corrected chi connectivity index (χ1v) is 10.1. The number of nitrogens with zero attached hydrogens (tertiary/aromatic N) is 2. The molecular formula is C21H19Br2N3O2. The van der Waals surface area contributed by atoms with Gasteiger partial charge in [-0.05, 0) is 72.2 Å². The Morgan fingerprint density at radius 1 is 1.11 bits per heavy atom. The maximum absolute atomic E-state index is 12.3. The molecule has 0 saturated carbocycles. The Morgan fingerprint density at radius 2 is 1.82 bits per heavy atom. The molecule has 1 amide bonds. The van der Waals surface area contributed by atoms with Gasteiger partial charge in [0.15, 0.2) is 0 Å². The standard InChI is InChI=1S/C21H19Br2N3O2/c1-13-19(12-24-25-21(27)15-5-4-6-18(11-15)28-3)20(23)14(2)26(13)17-9-7-16(22)8-10-17/h4-12H,1-3H3,(H,25,27)/b24-12-. The predicted octanol–water partition coefficient (Wildman–Crippen LogP) is 5.39. The van der Waals surface area contributed by atoms with Gasteiger partial charge in [-0.1, -0.05) is 22.0 Å². The quantitative estimate of drug-likeness (QED) is 0.374. The number of amides is 1. The van der Waals surface area contributed by atoms with Gasteiger partial charge in [0.2, 0.25) is 0 Å². The first-order chi connectivity index (χ1) is 13.4. The highest BCUT2D eigenvalue weighted by molar-refractivity contribution is 9.10. The Balaban J connectivity index is 1.83. The summed E-state index contributed by atoms with van der Waals surface area (Å²) in [6.07, 6.45) is 1.65. The lowest BCUT2D eigenvalue weighted by molar-refractivity contribution is 0.0955. The first-order valence-electron chi connectivity index (χ1n) is 8.53. The molecule has 0 fully saturated rings. The van der Waals surface area contributed by atoms with Crippen LogP contribution in [0.15, 0.2) is 62.6 Å². The van der Waals surface area contributed by atoms with E-state index in [-0.39, 0.29) is 5.91 Å². The Morgan fingerprint density at radius 3 is 2.50 bits per heavy atom. The number of hydrogen-bond acceptors (Lipinski definition) is 3. The molecule has 3 aromatic rings. The van der Waals surface area contributed by atoms with Gasteiger partial charge >= 0.3 is 0 Å². The number of benzene rings is 2. The number of nitrogens with one attached hydrogen (secondary N) is 1. The van der Waals surface area contributed by atoms with Crippen LogP contribution in [0, 0.1) is 13.8 Å². The molecular weight excluding hydrogens is 486 g/mol. The lowest BCUT2D eigenvalue weighted by atomic mass is 10.2. The highest BCUT2D eigenvalue weighted by Crippen LogP contribution is 2.30. The smallest absolute Gasteiger partial charge is 0.271 e. The molecule has 7 heteroatoms. The Kier molecular flexibility index (Phi) is 6.36. The molecule has 3 rings (SSSR count). The molecule has 0 aliphatic carbocycles. The van der Waals surface area contributed by atoms with Gasteiger partial charge in [-0.15, -0.1) is 0 Å². The largest absolute Gasteiger partial charge is 0.497 e. The van der Waals surface area contributed by atoms with Crippen molar-refractivity contribution in [3.05, 3.63) is 80.0 Å². The van der Waals surface area contributed by atoms with E-state index in [2.05, 4.69) is 47.0 Å². The second-order valence-corrected chi connectivity index (χ2v) is 7.85. The van der Waals surface area contributed by atoms with Crippen LogP contribution in [0.1, 0.15) is 27.3 Å². The average Bonchev–Trinajstić information content (AvgIpc) is 2.92. The van der Waals surface area contributed by atoms with Gasteiger partial charge in [-0.2, -0.15) is 5.10 Å². The minimum Gasteiger partial charge on any atom is -0.497 e. The monoisotopic (exact) mass is 503 g/mol. The number of methoxy groups -OCH3 is 1. The van der Waals surface area contributed by atoms with E-state index in [1.165, 1.54) is 0 Å². The minimum absolute atomic E-state index is 0.298. The van der Waals surface area contributed by atoms with Crippen LogP contribution in [0.3, 0.4) is 0 Å². The molecule has 0 spiro atoms.